The normalized spacial score (nSPS) is 15.2. The first-order chi connectivity index (χ1) is 7.16. The van der Waals surface area contributed by atoms with Gasteiger partial charge < -0.3 is 10.1 Å². The van der Waals surface area contributed by atoms with E-state index in [1.54, 1.807) is 7.11 Å². The Balaban J connectivity index is 3.64. The number of hydrogen-bond donors (Lipinski definition) is 1. The monoisotopic (exact) mass is 241 g/mol. The highest BCUT2D eigenvalue weighted by atomic mass is 19.4. The molecule has 0 bridgehead atoms. The molecule has 0 fully saturated rings. The summed E-state index contributed by atoms with van der Waals surface area (Å²) in [5.74, 6) is 0.219. The summed E-state index contributed by atoms with van der Waals surface area (Å²) in [6, 6.07) is 0. The maximum Gasteiger partial charge on any atom is 0.401 e. The van der Waals surface area contributed by atoms with E-state index in [9.17, 15) is 13.2 Å². The van der Waals surface area contributed by atoms with Crippen LogP contribution in [0, 0.1) is 5.92 Å². The quantitative estimate of drug-likeness (QED) is 0.740. The van der Waals surface area contributed by atoms with E-state index in [4.69, 9.17) is 4.74 Å². The summed E-state index contributed by atoms with van der Waals surface area (Å²) in [4.78, 5) is 0. The third-order valence-electron chi connectivity index (χ3n) is 2.61. The van der Waals surface area contributed by atoms with Gasteiger partial charge in [0.05, 0.1) is 12.1 Å². The lowest BCUT2D eigenvalue weighted by atomic mass is 9.96. The van der Waals surface area contributed by atoms with Gasteiger partial charge in [0, 0.05) is 7.11 Å². The molecule has 0 rings (SSSR count). The molecule has 16 heavy (non-hydrogen) atoms. The number of rotatable bonds is 7. The van der Waals surface area contributed by atoms with Crippen LogP contribution in [0.15, 0.2) is 0 Å². The van der Waals surface area contributed by atoms with Crippen LogP contribution in [-0.4, -0.2) is 32.0 Å². The molecule has 0 aromatic heterocycles. The Hall–Kier alpha value is -0.290. The molecule has 0 radical (unpaired) electrons. The minimum Gasteiger partial charge on any atom is -0.379 e. The molecule has 98 valence electrons. The highest BCUT2D eigenvalue weighted by molar-refractivity contribution is 4.70. The molecule has 0 aromatic carbocycles. The van der Waals surface area contributed by atoms with Crippen LogP contribution in [0.5, 0.6) is 0 Å². The van der Waals surface area contributed by atoms with E-state index >= 15 is 0 Å². The SMILES string of the molecule is COC(C)(C)CCC(C)CNCC(F)(F)F. The van der Waals surface area contributed by atoms with Gasteiger partial charge in [-0.15, -0.1) is 0 Å². The lowest BCUT2D eigenvalue weighted by Crippen LogP contribution is -2.32. The first kappa shape index (κ1) is 15.7. The van der Waals surface area contributed by atoms with Gasteiger partial charge in [-0.2, -0.15) is 13.2 Å². The van der Waals surface area contributed by atoms with Crippen LogP contribution < -0.4 is 5.32 Å². The molecule has 0 aromatic rings. The van der Waals surface area contributed by atoms with Crippen LogP contribution in [0.1, 0.15) is 33.6 Å². The Morgan fingerprint density at radius 1 is 1.25 bits per heavy atom. The Morgan fingerprint density at radius 2 is 1.81 bits per heavy atom. The first-order valence-electron chi connectivity index (χ1n) is 5.49. The molecular weight excluding hydrogens is 219 g/mol. The molecule has 0 aliphatic rings. The van der Waals surface area contributed by atoms with E-state index in [0.717, 1.165) is 12.8 Å². The summed E-state index contributed by atoms with van der Waals surface area (Å²) >= 11 is 0. The third-order valence-corrected chi connectivity index (χ3v) is 2.61. The Labute approximate surface area is 95.5 Å². The second-order valence-corrected chi connectivity index (χ2v) is 4.85. The molecule has 0 aliphatic carbocycles. The van der Waals surface area contributed by atoms with E-state index in [1.807, 2.05) is 20.8 Å². The van der Waals surface area contributed by atoms with Crippen molar-refractivity contribution in [3.63, 3.8) is 0 Å². The number of hydrogen-bond acceptors (Lipinski definition) is 2. The van der Waals surface area contributed by atoms with Gasteiger partial charge >= 0.3 is 6.18 Å². The summed E-state index contributed by atoms with van der Waals surface area (Å²) in [5, 5.41) is 2.41. The summed E-state index contributed by atoms with van der Waals surface area (Å²) in [6.07, 6.45) is -2.42. The average Bonchev–Trinajstić information content (AvgIpc) is 2.13. The Morgan fingerprint density at radius 3 is 2.25 bits per heavy atom. The van der Waals surface area contributed by atoms with E-state index in [-0.39, 0.29) is 11.5 Å². The minimum atomic E-state index is -4.12. The van der Waals surface area contributed by atoms with Crippen LogP contribution in [0.4, 0.5) is 13.2 Å². The molecule has 0 aliphatic heterocycles. The number of ether oxygens (including phenoxy) is 1. The zero-order valence-corrected chi connectivity index (χ0v) is 10.4. The first-order valence-corrected chi connectivity index (χ1v) is 5.49. The van der Waals surface area contributed by atoms with Gasteiger partial charge in [-0.05, 0) is 39.2 Å². The number of alkyl halides is 3. The number of methoxy groups -OCH3 is 1. The highest BCUT2D eigenvalue weighted by Crippen LogP contribution is 2.19. The second-order valence-electron chi connectivity index (χ2n) is 4.85. The van der Waals surface area contributed by atoms with Crippen molar-refractivity contribution in [3.05, 3.63) is 0 Å². The zero-order chi connectivity index (χ0) is 12.8. The van der Waals surface area contributed by atoms with Crippen molar-refractivity contribution in [2.75, 3.05) is 20.2 Å². The number of nitrogens with one attached hydrogen (secondary N) is 1. The van der Waals surface area contributed by atoms with Gasteiger partial charge in [-0.3, -0.25) is 0 Å². The van der Waals surface area contributed by atoms with Crippen LogP contribution in [0.2, 0.25) is 0 Å². The van der Waals surface area contributed by atoms with Crippen molar-refractivity contribution in [3.8, 4) is 0 Å². The maximum absolute atomic E-state index is 11.9. The van der Waals surface area contributed by atoms with E-state index in [1.165, 1.54) is 0 Å². The fourth-order valence-corrected chi connectivity index (χ4v) is 1.26. The predicted molar refractivity (Wildman–Crippen MR) is 58.4 cm³/mol. The van der Waals surface area contributed by atoms with Crippen molar-refractivity contribution >= 4 is 0 Å². The molecule has 1 N–H and O–H groups in total. The van der Waals surface area contributed by atoms with Gasteiger partial charge in [0.15, 0.2) is 0 Å². The molecular formula is C11H22F3NO. The number of halogens is 3. The summed E-state index contributed by atoms with van der Waals surface area (Å²) in [6.45, 7) is 5.37. The molecule has 0 amide bonds. The lowest BCUT2D eigenvalue weighted by molar-refractivity contribution is -0.125. The Bertz CT molecular complexity index is 192. The molecule has 0 spiro atoms. The fraction of sp³-hybridized carbons (Fsp3) is 1.00. The minimum absolute atomic E-state index is 0.196. The van der Waals surface area contributed by atoms with Crippen LogP contribution >= 0.6 is 0 Å². The molecule has 0 heterocycles. The van der Waals surface area contributed by atoms with Crippen LogP contribution in [-0.2, 0) is 4.74 Å². The van der Waals surface area contributed by atoms with Crippen molar-refractivity contribution in [1.82, 2.24) is 5.32 Å². The molecule has 1 unspecified atom stereocenters. The van der Waals surface area contributed by atoms with Crippen molar-refractivity contribution < 1.29 is 17.9 Å². The smallest absolute Gasteiger partial charge is 0.379 e. The highest BCUT2D eigenvalue weighted by Gasteiger charge is 2.26. The molecule has 5 heteroatoms. The zero-order valence-electron chi connectivity index (χ0n) is 10.4. The van der Waals surface area contributed by atoms with Gasteiger partial charge in [0.2, 0.25) is 0 Å². The molecule has 0 saturated heterocycles. The lowest BCUT2D eigenvalue weighted by Gasteiger charge is -2.24. The van der Waals surface area contributed by atoms with Crippen molar-refractivity contribution in [2.45, 2.75) is 45.4 Å². The summed E-state index contributed by atoms with van der Waals surface area (Å²) in [5.41, 5.74) is -0.196. The predicted octanol–water partition coefficient (Wildman–Crippen LogP) is 2.98. The third kappa shape index (κ3) is 8.97. The van der Waals surface area contributed by atoms with Crippen molar-refractivity contribution in [1.29, 1.82) is 0 Å². The largest absolute Gasteiger partial charge is 0.401 e. The van der Waals surface area contributed by atoms with Crippen molar-refractivity contribution in [2.24, 2.45) is 5.92 Å². The van der Waals surface area contributed by atoms with Gasteiger partial charge in [0.25, 0.3) is 0 Å². The van der Waals surface area contributed by atoms with Crippen LogP contribution in [0.25, 0.3) is 0 Å². The average molecular weight is 241 g/mol. The second kappa shape index (κ2) is 6.45. The summed E-state index contributed by atoms with van der Waals surface area (Å²) in [7, 11) is 1.65. The van der Waals surface area contributed by atoms with E-state index < -0.39 is 12.7 Å². The van der Waals surface area contributed by atoms with E-state index in [0.29, 0.717) is 6.54 Å². The Kier molecular flexibility index (Phi) is 6.33. The molecule has 2 nitrogen and oxygen atoms in total. The van der Waals surface area contributed by atoms with E-state index in [2.05, 4.69) is 5.32 Å². The summed E-state index contributed by atoms with van der Waals surface area (Å²) < 4.78 is 40.8. The van der Waals surface area contributed by atoms with Gasteiger partial charge in [-0.1, -0.05) is 6.92 Å². The molecule has 1 atom stereocenters. The van der Waals surface area contributed by atoms with Gasteiger partial charge in [0.1, 0.15) is 0 Å². The molecule has 0 saturated carbocycles. The fourth-order valence-electron chi connectivity index (χ4n) is 1.26. The maximum atomic E-state index is 11.9. The van der Waals surface area contributed by atoms with Gasteiger partial charge in [-0.25, -0.2) is 0 Å². The van der Waals surface area contributed by atoms with Crippen LogP contribution in [0.3, 0.4) is 0 Å². The topological polar surface area (TPSA) is 21.3 Å². The standard InChI is InChI=1S/C11H22F3NO/c1-9(5-6-10(2,3)16-4)7-15-8-11(12,13)14/h9,15H,5-8H2,1-4H3.